The lowest BCUT2D eigenvalue weighted by atomic mass is 10.1. The third kappa shape index (κ3) is 3.13. The molecule has 27 heavy (non-hydrogen) atoms. The summed E-state index contributed by atoms with van der Waals surface area (Å²) in [5, 5.41) is 22.6. The maximum atomic E-state index is 13.3. The summed E-state index contributed by atoms with van der Waals surface area (Å²) in [4.78, 5) is 11.2. The number of halogens is 2. The SMILES string of the molecule is O=C(O)Cn1nc(-c2ccc(F)cc2)c2c(Cl)c(-c3ccccc3)nnc21. The molecule has 2 aromatic carbocycles. The summed E-state index contributed by atoms with van der Waals surface area (Å²) in [5.74, 6) is -1.46. The van der Waals surface area contributed by atoms with Crippen molar-refractivity contribution < 1.29 is 14.3 Å². The van der Waals surface area contributed by atoms with Gasteiger partial charge in [0.25, 0.3) is 0 Å². The van der Waals surface area contributed by atoms with Crippen molar-refractivity contribution in [3.63, 3.8) is 0 Å². The first-order valence-electron chi connectivity index (χ1n) is 8.00. The Kier molecular flexibility index (Phi) is 4.29. The van der Waals surface area contributed by atoms with E-state index in [0.717, 1.165) is 5.56 Å². The summed E-state index contributed by atoms with van der Waals surface area (Å²) in [6, 6.07) is 15.0. The fourth-order valence-electron chi connectivity index (χ4n) is 2.85. The van der Waals surface area contributed by atoms with E-state index in [1.807, 2.05) is 30.3 Å². The van der Waals surface area contributed by atoms with E-state index in [1.165, 1.54) is 16.8 Å². The van der Waals surface area contributed by atoms with Gasteiger partial charge in [0.2, 0.25) is 0 Å². The predicted molar refractivity (Wildman–Crippen MR) is 98.8 cm³/mol. The molecule has 0 fully saturated rings. The molecule has 0 saturated heterocycles. The van der Waals surface area contributed by atoms with Crippen molar-refractivity contribution in [2.45, 2.75) is 6.54 Å². The van der Waals surface area contributed by atoms with Crippen LogP contribution in [0, 0.1) is 5.82 Å². The van der Waals surface area contributed by atoms with E-state index >= 15 is 0 Å². The molecule has 8 heteroatoms. The highest BCUT2D eigenvalue weighted by atomic mass is 35.5. The van der Waals surface area contributed by atoms with Crippen molar-refractivity contribution in [3.05, 3.63) is 65.4 Å². The molecule has 0 aliphatic heterocycles. The molecule has 0 aliphatic carbocycles. The topological polar surface area (TPSA) is 80.9 Å². The second-order valence-electron chi connectivity index (χ2n) is 5.83. The molecule has 0 saturated carbocycles. The minimum atomic E-state index is -1.07. The van der Waals surface area contributed by atoms with Crippen LogP contribution in [0.5, 0.6) is 0 Å². The van der Waals surface area contributed by atoms with Crippen LogP contribution in [-0.2, 0) is 11.3 Å². The Labute approximate surface area is 157 Å². The van der Waals surface area contributed by atoms with E-state index < -0.39 is 12.5 Å². The van der Waals surface area contributed by atoms with E-state index in [-0.39, 0.29) is 11.5 Å². The maximum absolute atomic E-state index is 13.3. The van der Waals surface area contributed by atoms with Crippen LogP contribution in [0.25, 0.3) is 33.5 Å². The zero-order valence-electron chi connectivity index (χ0n) is 13.8. The molecule has 0 radical (unpaired) electrons. The van der Waals surface area contributed by atoms with E-state index in [2.05, 4.69) is 15.3 Å². The van der Waals surface area contributed by atoms with Gasteiger partial charge in [-0.25, -0.2) is 9.07 Å². The molecule has 0 unspecified atom stereocenters. The van der Waals surface area contributed by atoms with Crippen LogP contribution in [0.15, 0.2) is 54.6 Å². The van der Waals surface area contributed by atoms with Crippen LogP contribution < -0.4 is 0 Å². The zero-order valence-corrected chi connectivity index (χ0v) is 14.6. The van der Waals surface area contributed by atoms with Gasteiger partial charge in [-0.1, -0.05) is 41.9 Å². The average Bonchev–Trinajstić information content (AvgIpc) is 3.02. The number of aromatic nitrogens is 4. The number of carboxylic acids is 1. The van der Waals surface area contributed by atoms with Gasteiger partial charge in [-0.3, -0.25) is 4.79 Å². The van der Waals surface area contributed by atoms with Crippen LogP contribution in [0.2, 0.25) is 5.02 Å². The lowest BCUT2D eigenvalue weighted by Gasteiger charge is -2.05. The van der Waals surface area contributed by atoms with E-state index in [4.69, 9.17) is 16.7 Å². The number of hydrogen-bond acceptors (Lipinski definition) is 4. The number of fused-ring (bicyclic) bond motifs is 1. The quantitative estimate of drug-likeness (QED) is 0.576. The standard InChI is InChI=1S/C19H12ClFN4O2/c20-16-15-17(12-6-8-13(21)9-7-12)24-25(10-14(26)27)19(15)23-22-18(16)11-4-2-1-3-5-11/h1-9H,10H2,(H,26,27). The monoisotopic (exact) mass is 382 g/mol. The second-order valence-corrected chi connectivity index (χ2v) is 6.21. The van der Waals surface area contributed by atoms with Gasteiger partial charge in [0.1, 0.15) is 23.7 Å². The second kappa shape index (κ2) is 6.77. The molecule has 4 aromatic rings. The zero-order chi connectivity index (χ0) is 19.0. The van der Waals surface area contributed by atoms with Gasteiger partial charge in [-0.05, 0) is 24.3 Å². The van der Waals surface area contributed by atoms with Crippen LogP contribution in [-0.4, -0.2) is 31.1 Å². The van der Waals surface area contributed by atoms with Crippen LogP contribution in [0.4, 0.5) is 4.39 Å². The number of benzene rings is 2. The molecular formula is C19H12ClFN4O2. The van der Waals surface area contributed by atoms with E-state index in [1.54, 1.807) is 12.1 Å². The number of rotatable bonds is 4. The minimum Gasteiger partial charge on any atom is -0.480 e. The number of carboxylic acid groups (broad SMARTS) is 1. The molecule has 1 N–H and O–H groups in total. The summed E-state index contributed by atoms with van der Waals surface area (Å²) in [6.45, 7) is -0.395. The van der Waals surface area contributed by atoms with Gasteiger partial charge in [0.05, 0.1) is 10.4 Å². The lowest BCUT2D eigenvalue weighted by Crippen LogP contribution is -2.11. The normalized spacial score (nSPS) is 11.0. The van der Waals surface area contributed by atoms with Gasteiger partial charge >= 0.3 is 5.97 Å². The summed E-state index contributed by atoms with van der Waals surface area (Å²) in [5.41, 5.74) is 2.50. The Morgan fingerprint density at radius 3 is 2.33 bits per heavy atom. The number of hydrogen-bond donors (Lipinski definition) is 1. The summed E-state index contributed by atoms with van der Waals surface area (Å²) < 4.78 is 14.5. The third-order valence-electron chi connectivity index (χ3n) is 4.05. The molecule has 0 aliphatic rings. The molecule has 6 nitrogen and oxygen atoms in total. The Bertz CT molecular complexity index is 1140. The Hall–Kier alpha value is -3.32. The largest absolute Gasteiger partial charge is 0.480 e. The van der Waals surface area contributed by atoms with Crippen LogP contribution in [0.1, 0.15) is 0 Å². The van der Waals surface area contributed by atoms with Crippen molar-refractivity contribution >= 4 is 28.6 Å². The molecule has 0 amide bonds. The summed E-state index contributed by atoms with van der Waals surface area (Å²) in [6.07, 6.45) is 0. The van der Waals surface area contributed by atoms with Crippen molar-refractivity contribution in [1.82, 2.24) is 20.0 Å². The fraction of sp³-hybridized carbons (Fsp3) is 0.0526. The first-order chi connectivity index (χ1) is 13.0. The van der Waals surface area contributed by atoms with Gasteiger partial charge in [-0.15, -0.1) is 10.2 Å². The van der Waals surface area contributed by atoms with Crippen molar-refractivity contribution in [3.8, 4) is 22.5 Å². The van der Waals surface area contributed by atoms with Crippen molar-refractivity contribution in [2.24, 2.45) is 0 Å². The first-order valence-corrected chi connectivity index (χ1v) is 8.38. The van der Waals surface area contributed by atoms with Gasteiger partial charge in [0.15, 0.2) is 5.65 Å². The van der Waals surface area contributed by atoms with Gasteiger partial charge < -0.3 is 5.11 Å². The van der Waals surface area contributed by atoms with Crippen molar-refractivity contribution in [2.75, 3.05) is 0 Å². The molecule has 4 rings (SSSR count). The predicted octanol–water partition coefficient (Wildman–Crippen LogP) is 4.04. The number of carbonyl (C=O) groups is 1. The molecule has 0 spiro atoms. The minimum absolute atomic E-state index is 0.251. The Morgan fingerprint density at radius 2 is 1.67 bits per heavy atom. The highest BCUT2D eigenvalue weighted by molar-refractivity contribution is 6.38. The molecular weight excluding hydrogens is 371 g/mol. The highest BCUT2D eigenvalue weighted by Gasteiger charge is 2.21. The molecule has 2 heterocycles. The smallest absolute Gasteiger partial charge is 0.325 e. The third-order valence-corrected chi connectivity index (χ3v) is 4.42. The van der Waals surface area contributed by atoms with Crippen LogP contribution in [0.3, 0.4) is 0 Å². The molecule has 2 aromatic heterocycles. The number of aliphatic carboxylic acids is 1. The average molecular weight is 383 g/mol. The van der Waals surface area contributed by atoms with Gasteiger partial charge in [0, 0.05) is 11.1 Å². The summed E-state index contributed by atoms with van der Waals surface area (Å²) in [7, 11) is 0. The van der Waals surface area contributed by atoms with Gasteiger partial charge in [-0.2, -0.15) is 5.10 Å². The van der Waals surface area contributed by atoms with Crippen molar-refractivity contribution in [1.29, 1.82) is 0 Å². The molecule has 0 bridgehead atoms. The lowest BCUT2D eigenvalue weighted by molar-refractivity contribution is -0.137. The fourth-order valence-corrected chi connectivity index (χ4v) is 3.17. The first kappa shape index (κ1) is 17.1. The van der Waals surface area contributed by atoms with E-state index in [9.17, 15) is 9.18 Å². The summed E-state index contributed by atoms with van der Waals surface area (Å²) >= 11 is 6.63. The molecule has 0 atom stereocenters. The van der Waals surface area contributed by atoms with E-state index in [0.29, 0.717) is 27.4 Å². The van der Waals surface area contributed by atoms with Crippen LogP contribution >= 0.6 is 11.6 Å². The number of nitrogens with zero attached hydrogens (tertiary/aromatic N) is 4. The highest BCUT2D eigenvalue weighted by Crippen LogP contribution is 2.37. The molecule has 134 valence electrons. The Balaban J connectivity index is 2.00. The Morgan fingerprint density at radius 1 is 1.00 bits per heavy atom. The maximum Gasteiger partial charge on any atom is 0.325 e.